The summed E-state index contributed by atoms with van der Waals surface area (Å²) in [5.41, 5.74) is 12.0. The molecule has 0 saturated carbocycles. The minimum absolute atomic E-state index is 1.08. The molecule has 0 nitrogen and oxygen atoms in total. The van der Waals surface area contributed by atoms with Gasteiger partial charge in [-0.1, -0.05) is 114 Å². The van der Waals surface area contributed by atoms with E-state index in [2.05, 4.69) is 127 Å². The average molecular weight is 444 g/mol. The molecule has 6 rings (SSSR count). The molecule has 0 fully saturated rings. The summed E-state index contributed by atoms with van der Waals surface area (Å²) >= 11 is 0. The maximum atomic E-state index is 2.46. The molecule has 0 aromatic heterocycles. The average Bonchev–Trinajstić information content (AvgIpc) is 2.90. The lowest BCUT2D eigenvalue weighted by molar-refractivity contribution is 1.12. The van der Waals surface area contributed by atoms with Gasteiger partial charge < -0.3 is 0 Å². The molecule has 0 N–H and O–H groups in total. The molecule has 5 aromatic carbocycles. The molecule has 0 radical (unpaired) electrons. The van der Waals surface area contributed by atoms with E-state index in [-0.39, 0.29) is 0 Å². The summed E-state index contributed by atoms with van der Waals surface area (Å²) in [6.45, 7) is 0. The second-order valence-corrected chi connectivity index (χ2v) is 9.76. The van der Waals surface area contributed by atoms with Crippen LogP contribution in [0.5, 0.6) is 0 Å². The standard InChI is InChI=1S/C32H27B3/c33-28-18-21(19-29(34)32(28)35)22-12-4-5-13-23(22)31-26-16-8-6-14-24(26)30(20-10-2-1-3-11-20)25-15-7-9-17-27(25)31/h1-6,8,10-19H,7,9,33-35H2. The fourth-order valence-corrected chi connectivity index (χ4v) is 5.71. The molecule has 0 bridgehead atoms. The van der Waals surface area contributed by atoms with Gasteiger partial charge in [-0.05, 0) is 67.4 Å². The van der Waals surface area contributed by atoms with Gasteiger partial charge in [-0.3, -0.25) is 0 Å². The molecule has 5 aromatic rings. The van der Waals surface area contributed by atoms with Crippen molar-refractivity contribution >= 4 is 62.9 Å². The van der Waals surface area contributed by atoms with Crippen LogP contribution < -0.4 is 26.8 Å². The largest absolute Gasteiger partial charge is 0.138 e. The molecule has 0 heterocycles. The van der Waals surface area contributed by atoms with Gasteiger partial charge in [0.1, 0.15) is 23.5 Å². The van der Waals surface area contributed by atoms with Crippen LogP contribution in [0.3, 0.4) is 0 Å². The molecule has 0 aliphatic heterocycles. The van der Waals surface area contributed by atoms with Crippen LogP contribution >= 0.6 is 0 Å². The molecule has 1 aliphatic rings. The Balaban J connectivity index is 1.75. The van der Waals surface area contributed by atoms with Gasteiger partial charge in [0.25, 0.3) is 0 Å². The van der Waals surface area contributed by atoms with Gasteiger partial charge in [0.15, 0.2) is 0 Å². The highest BCUT2D eigenvalue weighted by molar-refractivity contribution is 6.57. The molecular formula is C32H27B3. The normalized spacial score (nSPS) is 12.6. The smallest absolute Gasteiger partial charge is 0.101 e. The van der Waals surface area contributed by atoms with Crippen LogP contribution in [0.15, 0.2) is 91.0 Å². The fraction of sp³-hybridized carbons (Fsp3) is 0.0625. The summed E-state index contributed by atoms with van der Waals surface area (Å²) in [6, 6.07) is 33.5. The fourth-order valence-electron chi connectivity index (χ4n) is 5.71. The van der Waals surface area contributed by atoms with Crippen LogP contribution in [0, 0.1) is 0 Å². The van der Waals surface area contributed by atoms with Gasteiger partial charge in [-0.15, -0.1) is 5.46 Å². The number of rotatable bonds is 3. The topological polar surface area (TPSA) is 0 Å². The van der Waals surface area contributed by atoms with Crippen LogP contribution in [0.1, 0.15) is 12.8 Å². The van der Waals surface area contributed by atoms with Crippen LogP contribution in [0.25, 0.3) is 56.3 Å². The summed E-state index contributed by atoms with van der Waals surface area (Å²) in [7, 11) is 6.67. The monoisotopic (exact) mass is 444 g/mol. The van der Waals surface area contributed by atoms with Crippen LogP contribution in [0.4, 0.5) is 0 Å². The van der Waals surface area contributed by atoms with E-state index in [1.165, 1.54) is 71.0 Å². The molecule has 0 saturated heterocycles. The van der Waals surface area contributed by atoms with E-state index in [0.717, 1.165) is 12.8 Å². The van der Waals surface area contributed by atoms with Crippen molar-refractivity contribution in [1.82, 2.24) is 0 Å². The number of hydrogen-bond donors (Lipinski definition) is 0. The van der Waals surface area contributed by atoms with Crippen molar-refractivity contribution in [3.05, 3.63) is 101 Å². The lowest BCUT2D eigenvalue weighted by Gasteiger charge is -2.20. The van der Waals surface area contributed by atoms with E-state index in [1.54, 1.807) is 0 Å². The predicted molar refractivity (Wildman–Crippen MR) is 162 cm³/mol. The maximum Gasteiger partial charge on any atom is 0.138 e. The molecule has 0 amide bonds. The molecule has 0 spiro atoms. The summed E-state index contributed by atoms with van der Waals surface area (Å²) in [5, 5.41) is 5.40. The molecule has 35 heavy (non-hydrogen) atoms. The Kier molecular flexibility index (Phi) is 5.49. The first-order valence-corrected chi connectivity index (χ1v) is 12.6. The number of hydrogen-bond acceptors (Lipinski definition) is 0. The van der Waals surface area contributed by atoms with Crippen LogP contribution in [-0.2, 0) is 0 Å². The van der Waals surface area contributed by atoms with E-state index < -0.39 is 0 Å². The first-order chi connectivity index (χ1) is 17.1. The second-order valence-electron chi connectivity index (χ2n) is 9.76. The van der Waals surface area contributed by atoms with E-state index in [9.17, 15) is 0 Å². The van der Waals surface area contributed by atoms with Crippen molar-refractivity contribution in [1.29, 1.82) is 0 Å². The third-order valence-electron chi connectivity index (χ3n) is 7.66. The first-order valence-electron chi connectivity index (χ1n) is 12.6. The maximum absolute atomic E-state index is 2.46. The Bertz CT molecular complexity index is 1690. The van der Waals surface area contributed by atoms with Gasteiger partial charge in [0, 0.05) is 0 Å². The predicted octanol–water partition coefficient (Wildman–Crippen LogP) is 1.97. The number of benzene rings is 5. The van der Waals surface area contributed by atoms with Gasteiger partial charge in [0.05, 0.1) is 0 Å². The van der Waals surface area contributed by atoms with Crippen LogP contribution in [0.2, 0.25) is 0 Å². The second kappa shape index (κ2) is 8.82. The van der Waals surface area contributed by atoms with Crippen molar-refractivity contribution in [3.8, 4) is 33.4 Å². The van der Waals surface area contributed by atoms with Crippen molar-refractivity contribution in [2.24, 2.45) is 0 Å². The Morgan fingerprint density at radius 3 is 1.66 bits per heavy atom. The Morgan fingerprint density at radius 1 is 0.486 bits per heavy atom. The zero-order chi connectivity index (χ0) is 23.9. The van der Waals surface area contributed by atoms with Crippen molar-refractivity contribution in [3.63, 3.8) is 0 Å². The highest BCUT2D eigenvalue weighted by Crippen LogP contribution is 2.36. The highest BCUT2D eigenvalue weighted by atomic mass is 14.2. The van der Waals surface area contributed by atoms with Gasteiger partial charge in [0.2, 0.25) is 0 Å². The van der Waals surface area contributed by atoms with Gasteiger partial charge >= 0.3 is 0 Å². The molecular weight excluding hydrogens is 417 g/mol. The minimum Gasteiger partial charge on any atom is -0.101 e. The quantitative estimate of drug-likeness (QED) is 0.374. The summed E-state index contributed by atoms with van der Waals surface area (Å²) in [5.74, 6) is 0. The molecule has 3 heteroatoms. The molecule has 1 aliphatic carbocycles. The third kappa shape index (κ3) is 3.67. The zero-order valence-electron chi connectivity index (χ0n) is 20.7. The summed E-state index contributed by atoms with van der Waals surface area (Å²) in [6.07, 6.45) is 7.09. The number of fused-ring (bicyclic) bond motifs is 2. The van der Waals surface area contributed by atoms with Crippen molar-refractivity contribution in [2.45, 2.75) is 12.8 Å². The highest BCUT2D eigenvalue weighted by Gasteiger charge is 2.18. The van der Waals surface area contributed by atoms with E-state index in [4.69, 9.17) is 0 Å². The van der Waals surface area contributed by atoms with E-state index in [0.29, 0.717) is 0 Å². The van der Waals surface area contributed by atoms with Gasteiger partial charge in [-0.2, -0.15) is 0 Å². The molecule has 0 unspecified atom stereocenters. The van der Waals surface area contributed by atoms with Crippen molar-refractivity contribution in [2.75, 3.05) is 0 Å². The third-order valence-corrected chi connectivity index (χ3v) is 7.66. The molecule has 0 atom stereocenters. The summed E-state index contributed by atoms with van der Waals surface area (Å²) in [4.78, 5) is 0. The molecule has 164 valence electrons. The van der Waals surface area contributed by atoms with Crippen LogP contribution in [-0.4, -0.2) is 23.5 Å². The lowest BCUT2D eigenvalue weighted by atomic mass is 9.71. The zero-order valence-corrected chi connectivity index (χ0v) is 20.7. The van der Waals surface area contributed by atoms with Gasteiger partial charge in [-0.25, -0.2) is 0 Å². The van der Waals surface area contributed by atoms with Crippen molar-refractivity contribution < 1.29 is 0 Å². The van der Waals surface area contributed by atoms with E-state index >= 15 is 0 Å². The Hall–Kier alpha value is -3.71. The first kappa shape index (κ1) is 21.8. The Morgan fingerprint density at radius 2 is 1.00 bits per heavy atom. The summed E-state index contributed by atoms with van der Waals surface area (Å²) < 4.78 is 0. The minimum atomic E-state index is 1.08. The Labute approximate surface area is 210 Å². The lowest BCUT2D eigenvalue weighted by Crippen LogP contribution is -2.38. The SMILES string of the molecule is Bc1cc(-c2ccccc2-c2c3c(c(-c4ccccc4)c4ccccc24)=CCCC=3)cc(B)c1B. The van der Waals surface area contributed by atoms with E-state index in [1.807, 2.05) is 0 Å².